The highest BCUT2D eigenvalue weighted by atomic mass is 35.5. The van der Waals surface area contributed by atoms with Crippen molar-refractivity contribution in [3.63, 3.8) is 0 Å². The van der Waals surface area contributed by atoms with Crippen molar-refractivity contribution in [2.24, 2.45) is 0 Å². The number of nitrogens with one attached hydrogen (secondary N) is 2. The maximum atomic E-state index is 12.3. The molecule has 0 radical (unpaired) electrons. The fourth-order valence-electron chi connectivity index (χ4n) is 2.15. The van der Waals surface area contributed by atoms with E-state index in [1.54, 1.807) is 31.4 Å². The average molecular weight is 349 g/mol. The maximum absolute atomic E-state index is 12.3. The number of hydrogen-bond donors (Lipinski definition) is 2. The third-order valence-corrected chi connectivity index (χ3v) is 3.76. The number of anilines is 1. The van der Waals surface area contributed by atoms with Crippen LogP contribution in [0.1, 0.15) is 21.5 Å². The molecule has 120 valence electrons. The van der Waals surface area contributed by atoms with Gasteiger partial charge in [0.25, 0.3) is 5.91 Å². The van der Waals surface area contributed by atoms with Crippen LogP contribution in [0.5, 0.6) is 5.75 Å². The first kappa shape index (κ1) is 17.2. The van der Waals surface area contributed by atoms with Gasteiger partial charge >= 0.3 is 0 Å². The van der Waals surface area contributed by atoms with Gasteiger partial charge in [-0.1, -0.05) is 29.3 Å². The molecule has 0 aliphatic carbocycles. The summed E-state index contributed by atoms with van der Waals surface area (Å²) in [6.45, 7) is 3.87. The van der Waals surface area contributed by atoms with Crippen molar-refractivity contribution in [3.05, 3.63) is 58.1 Å². The summed E-state index contributed by atoms with van der Waals surface area (Å²) in [6.07, 6.45) is 0. The Morgan fingerprint density at radius 3 is 2.52 bits per heavy atom. The molecule has 4 nitrogen and oxygen atoms in total. The standard InChI is InChI=1S/C17H17ClN2O2S/c1-10-4-6-13(11(2)8-10)16(21)20-17(23)19-12-5-7-15(22-3)14(18)9-12/h4-9H,1-3H3,(H2,19,20,21,23). The SMILES string of the molecule is COc1ccc(NC(=S)NC(=O)c2ccc(C)cc2C)cc1Cl. The lowest BCUT2D eigenvalue weighted by Gasteiger charge is -2.12. The van der Waals surface area contributed by atoms with Crippen molar-refractivity contribution in [2.75, 3.05) is 12.4 Å². The summed E-state index contributed by atoms with van der Waals surface area (Å²) in [6, 6.07) is 10.8. The third-order valence-electron chi connectivity index (χ3n) is 3.26. The molecular formula is C17H17ClN2O2S. The quantitative estimate of drug-likeness (QED) is 0.820. The Morgan fingerprint density at radius 1 is 1.17 bits per heavy atom. The molecule has 0 atom stereocenters. The van der Waals surface area contributed by atoms with Crippen LogP contribution in [0.2, 0.25) is 5.02 Å². The molecule has 0 saturated carbocycles. The Kier molecular flexibility index (Phi) is 5.58. The second-order valence-corrected chi connectivity index (χ2v) is 5.89. The molecular weight excluding hydrogens is 332 g/mol. The molecule has 0 spiro atoms. The molecule has 0 unspecified atom stereocenters. The minimum atomic E-state index is -0.250. The van der Waals surface area contributed by atoms with Gasteiger partial charge in [0.15, 0.2) is 5.11 Å². The largest absolute Gasteiger partial charge is 0.495 e. The van der Waals surface area contributed by atoms with Gasteiger partial charge in [-0.25, -0.2) is 0 Å². The van der Waals surface area contributed by atoms with Gasteiger partial charge in [0.05, 0.1) is 12.1 Å². The zero-order valence-corrected chi connectivity index (χ0v) is 14.6. The highest BCUT2D eigenvalue weighted by Gasteiger charge is 2.11. The van der Waals surface area contributed by atoms with Crippen LogP contribution in [0, 0.1) is 13.8 Å². The second kappa shape index (κ2) is 7.44. The minimum absolute atomic E-state index is 0.205. The molecule has 1 amide bonds. The smallest absolute Gasteiger partial charge is 0.257 e. The first-order chi connectivity index (χ1) is 10.9. The van der Waals surface area contributed by atoms with Crippen LogP contribution >= 0.6 is 23.8 Å². The second-order valence-electron chi connectivity index (χ2n) is 5.08. The van der Waals surface area contributed by atoms with Gasteiger partial charge in [-0.2, -0.15) is 0 Å². The number of halogens is 1. The molecule has 23 heavy (non-hydrogen) atoms. The van der Waals surface area contributed by atoms with E-state index in [1.165, 1.54) is 0 Å². The fraction of sp³-hybridized carbons (Fsp3) is 0.176. The highest BCUT2D eigenvalue weighted by Crippen LogP contribution is 2.27. The van der Waals surface area contributed by atoms with Crippen LogP contribution in [-0.4, -0.2) is 18.1 Å². The molecule has 6 heteroatoms. The molecule has 2 rings (SSSR count). The van der Waals surface area contributed by atoms with Gasteiger partial charge in [0.2, 0.25) is 0 Å². The third kappa shape index (κ3) is 4.43. The summed E-state index contributed by atoms with van der Waals surface area (Å²) in [5.74, 6) is 0.321. The molecule has 0 aliphatic rings. The van der Waals surface area contributed by atoms with Gasteiger partial charge in [-0.05, 0) is 55.9 Å². The number of benzene rings is 2. The Hall–Kier alpha value is -2.11. The Labute approximate surface area is 145 Å². The lowest BCUT2D eigenvalue weighted by atomic mass is 10.1. The lowest BCUT2D eigenvalue weighted by molar-refractivity contribution is 0.0977. The number of amides is 1. The summed E-state index contributed by atoms with van der Waals surface area (Å²) >= 11 is 11.2. The van der Waals surface area contributed by atoms with E-state index >= 15 is 0 Å². The summed E-state index contributed by atoms with van der Waals surface area (Å²) in [7, 11) is 1.54. The van der Waals surface area contributed by atoms with Crippen LogP contribution in [0.4, 0.5) is 5.69 Å². The van der Waals surface area contributed by atoms with Gasteiger partial charge in [0.1, 0.15) is 5.75 Å². The minimum Gasteiger partial charge on any atom is -0.495 e. The number of aryl methyl sites for hydroxylation is 2. The molecule has 2 N–H and O–H groups in total. The van der Waals surface area contributed by atoms with Crippen molar-refractivity contribution in [2.45, 2.75) is 13.8 Å². The number of ether oxygens (including phenoxy) is 1. The Morgan fingerprint density at radius 2 is 1.91 bits per heavy atom. The van der Waals surface area contributed by atoms with E-state index in [1.807, 2.05) is 26.0 Å². The fourth-order valence-corrected chi connectivity index (χ4v) is 2.61. The number of rotatable bonds is 3. The van der Waals surface area contributed by atoms with E-state index in [-0.39, 0.29) is 11.0 Å². The predicted octanol–water partition coefficient (Wildman–Crippen LogP) is 4.09. The molecule has 2 aromatic carbocycles. The van der Waals surface area contributed by atoms with Crippen LogP contribution in [-0.2, 0) is 0 Å². The normalized spacial score (nSPS) is 10.1. The maximum Gasteiger partial charge on any atom is 0.257 e. The van der Waals surface area contributed by atoms with Gasteiger partial charge in [-0.3, -0.25) is 10.1 Å². The lowest BCUT2D eigenvalue weighted by Crippen LogP contribution is -2.34. The van der Waals surface area contributed by atoms with Crippen LogP contribution in [0.15, 0.2) is 36.4 Å². The summed E-state index contributed by atoms with van der Waals surface area (Å²) < 4.78 is 5.09. The molecule has 0 saturated heterocycles. The van der Waals surface area contributed by atoms with Crippen molar-refractivity contribution in [1.82, 2.24) is 5.32 Å². The van der Waals surface area contributed by atoms with Crippen LogP contribution in [0.3, 0.4) is 0 Å². The Bertz CT molecular complexity index is 762. The van der Waals surface area contributed by atoms with Crippen molar-refractivity contribution in [3.8, 4) is 5.75 Å². The monoisotopic (exact) mass is 348 g/mol. The van der Waals surface area contributed by atoms with Gasteiger partial charge < -0.3 is 10.1 Å². The number of hydrogen-bond acceptors (Lipinski definition) is 3. The number of thiocarbonyl (C=S) groups is 1. The molecule has 2 aromatic rings. The van der Waals surface area contributed by atoms with Gasteiger partial charge in [0, 0.05) is 11.3 Å². The van der Waals surface area contributed by atoms with E-state index < -0.39 is 0 Å². The zero-order chi connectivity index (χ0) is 17.0. The predicted molar refractivity (Wildman–Crippen MR) is 97.6 cm³/mol. The van der Waals surface area contributed by atoms with Crippen LogP contribution < -0.4 is 15.4 Å². The van der Waals surface area contributed by atoms with Crippen molar-refractivity contribution < 1.29 is 9.53 Å². The van der Waals surface area contributed by atoms with E-state index in [0.29, 0.717) is 22.0 Å². The van der Waals surface area contributed by atoms with E-state index in [9.17, 15) is 4.79 Å². The first-order valence-electron chi connectivity index (χ1n) is 6.94. The topological polar surface area (TPSA) is 50.4 Å². The van der Waals surface area contributed by atoms with Crippen molar-refractivity contribution in [1.29, 1.82) is 0 Å². The molecule has 0 aromatic heterocycles. The number of carbonyl (C=O) groups is 1. The van der Waals surface area contributed by atoms with Crippen LogP contribution in [0.25, 0.3) is 0 Å². The molecule has 0 heterocycles. The van der Waals surface area contributed by atoms with E-state index in [0.717, 1.165) is 11.1 Å². The Balaban J connectivity index is 2.04. The molecule has 0 bridgehead atoms. The van der Waals surface area contributed by atoms with Crippen molar-refractivity contribution >= 4 is 40.5 Å². The first-order valence-corrected chi connectivity index (χ1v) is 7.72. The summed E-state index contributed by atoms with van der Waals surface area (Å²) in [4.78, 5) is 12.3. The summed E-state index contributed by atoms with van der Waals surface area (Å²) in [5, 5.41) is 6.25. The zero-order valence-electron chi connectivity index (χ0n) is 13.1. The molecule has 0 fully saturated rings. The van der Waals surface area contributed by atoms with Gasteiger partial charge in [-0.15, -0.1) is 0 Å². The van der Waals surface area contributed by atoms with E-state index in [4.69, 9.17) is 28.6 Å². The number of carbonyl (C=O) groups excluding carboxylic acids is 1. The average Bonchev–Trinajstić information content (AvgIpc) is 2.47. The highest BCUT2D eigenvalue weighted by molar-refractivity contribution is 7.80. The van der Waals surface area contributed by atoms with E-state index in [2.05, 4.69) is 10.6 Å². The molecule has 0 aliphatic heterocycles. The number of methoxy groups -OCH3 is 1. The summed E-state index contributed by atoms with van der Waals surface area (Å²) in [5.41, 5.74) is 3.26.